The Morgan fingerprint density at radius 1 is 0.778 bits per heavy atom. The molecule has 0 unspecified atom stereocenters. The van der Waals surface area contributed by atoms with E-state index < -0.39 is 11.9 Å². The Morgan fingerprint density at radius 2 is 1.17 bits per heavy atom. The summed E-state index contributed by atoms with van der Waals surface area (Å²) < 4.78 is 19.2. The summed E-state index contributed by atoms with van der Waals surface area (Å²) >= 11 is 0. The fourth-order valence-corrected chi connectivity index (χ4v) is 0.984. The van der Waals surface area contributed by atoms with Gasteiger partial charge in [0.2, 0.25) is 0 Å². The van der Waals surface area contributed by atoms with Crippen LogP contribution in [0, 0.1) is 0 Å². The van der Waals surface area contributed by atoms with E-state index >= 15 is 0 Å². The summed E-state index contributed by atoms with van der Waals surface area (Å²) in [5, 5.41) is 0. The number of ether oxygens (including phenoxy) is 4. The number of esters is 2. The summed E-state index contributed by atoms with van der Waals surface area (Å²) in [6.07, 6.45) is 3.34. The van der Waals surface area contributed by atoms with Crippen molar-refractivity contribution in [3.8, 4) is 0 Å². The van der Waals surface area contributed by atoms with E-state index in [0.717, 1.165) is 12.2 Å². The van der Waals surface area contributed by atoms with Gasteiger partial charge in [0, 0.05) is 52.4 Å². The minimum atomic E-state index is -0.569. The lowest BCUT2D eigenvalue weighted by Gasteiger charge is -2.01. The van der Waals surface area contributed by atoms with Crippen LogP contribution in [0.3, 0.4) is 0 Å². The Hall–Kier alpha value is -1.40. The highest BCUT2D eigenvalue weighted by molar-refractivity contribution is 5.91. The average molecular weight is 260 g/mol. The van der Waals surface area contributed by atoms with Crippen molar-refractivity contribution in [1.82, 2.24) is 0 Å². The molecule has 0 rings (SSSR count). The molecule has 0 heterocycles. The topological polar surface area (TPSA) is 71.1 Å². The summed E-state index contributed by atoms with van der Waals surface area (Å²) in [6.45, 7) is 1.58. The maximum Gasteiger partial charge on any atom is 0.331 e. The quantitative estimate of drug-likeness (QED) is 0.327. The number of carbonyl (C=O) groups is 2. The molecule has 0 amide bonds. The van der Waals surface area contributed by atoms with Crippen molar-refractivity contribution in [2.45, 2.75) is 12.8 Å². The zero-order valence-electron chi connectivity index (χ0n) is 10.8. The van der Waals surface area contributed by atoms with E-state index in [0.29, 0.717) is 26.1 Å². The molecule has 0 aromatic rings. The van der Waals surface area contributed by atoms with Gasteiger partial charge >= 0.3 is 11.9 Å². The zero-order chi connectivity index (χ0) is 13.6. The molecule has 0 aromatic carbocycles. The summed E-state index contributed by atoms with van der Waals surface area (Å²) in [7, 11) is 3.14. The molecule has 104 valence electrons. The van der Waals surface area contributed by atoms with Crippen LogP contribution >= 0.6 is 0 Å². The Labute approximate surface area is 107 Å². The van der Waals surface area contributed by atoms with E-state index in [1.165, 1.54) is 0 Å². The van der Waals surface area contributed by atoms with E-state index in [1.807, 2.05) is 0 Å². The maximum atomic E-state index is 11.1. The number of rotatable bonds is 10. The highest BCUT2D eigenvalue weighted by atomic mass is 16.5. The molecule has 0 aliphatic carbocycles. The average Bonchev–Trinajstić information content (AvgIpc) is 2.37. The predicted molar refractivity (Wildman–Crippen MR) is 64.0 cm³/mol. The van der Waals surface area contributed by atoms with E-state index in [9.17, 15) is 9.59 Å². The van der Waals surface area contributed by atoms with Gasteiger partial charge in [-0.15, -0.1) is 0 Å². The normalized spacial score (nSPS) is 10.6. The Kier molecular flexibility index (Phi) is 11.1. The van der Waals surface area contributed by atoms with Gasteiger partial charge in [-0.05, 0) is 0 Å². The molecule has 0 radical (unpaired) electrons. The highest BCUT2D eigenvalue weighted by Crippen LogP contribution is 1.90. The van der Waals surface area contributed by atoms with E-state index in [2.05, 4.69) is 0 Å². The van der Waals surface area contributed by atoms with Crippen molar-refractivity contribution < 1.29 is 28.5 Å². The van der Waals surface area contributed by atoms with Crippen LogP contribution in [0.2, 0.25) is 0 Å². The minimum absolute atomic E-state index is 0.264. The first-order chi connectivity index (χ1) is 8.70. The highest BCUT2D eigenvalue weighted by Gasteiger charge is 2.00. The van der Waals surface area contributed by atoms with Crippen molar-refractivity contribution in [2.24, 2.45) is 0 Å². The van der Waals surface area contributed by atoms with Crippen molar-refractivity contribution in [1.29, 1.82) is 0 Å². The van der Waals surface area contributed by atoms with Crippen LogP contribution < -0.4 is 0 Å². The third-order valence-corrected chi connectivity index (χ3v) is 1.83. The maximum absolute atomic E-state index is 11.1. The Morgan fingerprint density at radius 3 is 1.50 bits per heavy atom. The number of carbonyl (C=O) groups excluding carboxylic acids is 2. The molecule has 0 saturated heterocycles. The van der Waals surface area contributed by atoms with Crippen molar-refractivity contribution in [3.05, 3.63) is 12.2 Å². The SMILES string of the molecule is COCCCOC(=O)/C=C\C(=O)OCCCOC. The van der Waals surface area contributed by atoms with Gasteiger partial charge in [0.25, 0.3) is 0 Å². The van der Waals surface area contributed by atoms with Gasteiger partial charge in [0.05, 0.1) is 13.2 Å². The van der Waals surface area contributed by atoms with E-state index in [-0.39, 0.29) is 13.2 Å². The lowest BCUT2D eigenvalue weighted by molar-refractivity contribution is -0.140. The van der Waals surface area contributed by atoms with Gasteiger partial charge in [0.15, 0.2) is 0 Å². The first-order valence-corrected chi connectivity index (χ1v) is 5.70. The van der Waals surface area contributed by atoms with Crippen LogP contribution in [0.4, 0.5) is 0 Å². The second-order valence-electron chi connectivity index (χ2n) is 3.36. The largest absolute Gasteiger partial charge is 0.462 e. The van der Waals surface area contributed by atoms with Crippen molar-refractivity contribution in [3.63, 3.8) is 0 Å². The van der Waals surface area contributed by atoms with Gasteiger partial charge in [0.1, 0.15) is 0 Å². The van der Waals surface area contributed by atoms with Crippen LogP contribution in [-0.2, 0) is 28.5 Å². The van der Waals surface area contributed by atoms with Gasteiger partial charge in [-0.1, -0.05) is 0 Å². The van der Waals surface area contributed by atoms with Crippen LogP contribution in [0.15, 0.2) is 12.2 Å². The molecule has 0 saturated carbocycles. The second-order valence-corrected chi connectivity index (χ2v) is 3.36. The fourth-order valence-electron chi connectivity index (χ4n) is 0.984. The second kappa shape index (κ2) is 12.1. The molecule has 0 bridgehead atoms. The number of methoxy groups -OCH3 is 2. The molecule has 6 heteroatoms. The molecular weight excluding hydrogens is 240 g/mol. The van der Waals surface area contributed by atoms with Gasteiger partial charge in [-0.2, -0.15) is 0 Å². The molecule has 0 aliphatic heterocycles. The Balaban J connectivity index is 3.58. The van der Waals surface area contributed by atoms with Crippen molar-refractivity contribution >= 4 is 11.9 Å². The lowest BCUT2D eigenvalue weighted by Crippen LogP contribution is -2.07. The molecule has 0 spiro atoms. The van der Waals surface area contributed by atoms with Crippen molar-refractivity contribution in [2.75, 3.05) is 40.6 Å². The van der Waals surface area contributed by atoms with Gasteiger partial charge in [-0.3, -0.25) is 0 Å². The molecule has 0 fully saturated rings. The monoisotopic (exact) mass is 260 g/mol. The molecule has 0 N–H and O–H groups in total. The fraction of sp³-hybridized carbons (Fsp3) is 0.667. The zero-order valence-corrected chi connectivity index (χ0v) is 10.8. The number of hydrogen-bond acceptors (Lipinski definition) is 6. The molecule has 18 heavy (non-hydrogen) atoms. The summed E-state index contributed by atoms with van der Waals surface area (Å²) in [6, 6.07) is 0. The first kappa shape index (κ1) is 16.6. The predicted octanol–water partition coefficient (Wildman–Crippen LogP) is 0.702. The van der Waals surface area contributed by atoms with Crippen LogP contribution in [0.5, 0.6) is 0 Å². The van der Waals surface area contributed by atoms with Crippen LogP contribution in [-0.4, -0.2) is 52.6 Å². The van der Waals surface area contributed by atoms with E-state index in [4.69, 9.17) is 18.9 Å². The first-order valence-electron chi connectivity index (χ1n) is 5.70. The third kappa shape index (κ3) is 11.1. The summed E-state index contributed by atoms with van der Waals surface area (Å²) in [4.78, 5) is 22.2. The number of hydrogen-bond donors (Lipinski definition) is 0. The molecular formula is C12H20O6. The van der Waals surface area contributed by atoms with Gasteiger partial charge < -0.3 is 18.9 Å². The standard InChI is InChI=1S/C12H20O6/c1-15-7-3-9-17-11(13)5-6-12(14)18-10-4-8-16-2/h5-6H,3-4,7-10H2,1-2H3/b6-5-. The molecule has 0 atom stereocenters. The molecule has 6 nitrogen and oxygen atoms in total. The lowest BCUT2D eigenvalue weighted by atomic mass is 10.4. The van der Waals surface area contributed by atoms with Gasteiger partial charge in [-0.25, -0.2) is 9.59 Å². The minimum Gasteiger partial charge on any atom is -0.462 e. The summed E-state index contributed by atoms with van der Waals surface area (Å²) in [5.74, 6) is -1.14. The Bertz CT molecular complexity index is 235. The van der Waals surface area contributed by atoms with Crippen LogP contribution in [0.25, 0.3) is 0 Å². The molecule has 0 aliphatic rings. The third-order valence-electron chi connectivity index (χ3n) is 1.83. The smallest absolute Gasteiger partial charge is 0.331 e. The van der Waals surface area contributed by atoms with E-state index in [1.54, 1.807) is 14.2 Å². The molecule has 0 aromatic heterocycles. The summed E-state index contributed by atoms with van der Waals surface area (Å²) in [5.41, 5.74) is 0. The van der Waals surface area contributed by atoms with Crippen LogP contribution in [0.1, 0.15) is 12.8 Å².